The summed E-state index contributed by atoms with van der Waals surface area (Å²) in [7, 11) is 0. The van der Waals surface area contributed by atoms with Crippen LogP contribution in [0.5, 0.6) is 0 Å². The van der Waals surface area contributed by atoms with E-state index in [0.717, 1.165) is 0 Å². The van der Waals surface area contributed by atoms with Crippen molar-refractivity contribution in [1.82, 2.24) is 0 Å². The van der Waals surface area contributed by atoms with Gasteiger partial charge < -0.3 is 0 Å². The Kier molecular flexibility index (Phi) is 2.73. The topological polar surface area (TPSA) is 0 Å². The van der Waals surface area contributed by atoms with Crippen LogP contribution in [0, 0.1) is 0 Å². The van der Waals surface area contributed by atoms with Crippen LogP contribution in [-0.4, -0.2) is 6.71 Å². The molecule has 0 aliphatic rings. The molecule has 11 heavy (non-hydrogen) atoms. The summed E-state index contributed by atoms with van der Waals surface area (Å²) >= 11 is 0. The Morgan fingerprint density at radius 1 is 1.00 bits per heavy atom. The summed E-state index contributed by atoms with van der Waals surface area (Å²) in [4.78, 5) is 0. The van der Waals surface area contributed by atoms with Gasteiger partial charge in [0.1, 0.15) is 0 Å². The van der Waals surface area contributed by atoms with Crippen molar-refractivity contribution in [2.45, 2.75) is 0 Å². The third-order valence-corrected chi connectivity index (χ3v) is 1.69. The molecule has 0 unspecified atom stereocenters. The minimum Gasteiger partial charge on any atom is -0.113 e. The van der Waals surface area contributed by atoms with Crippen LogP contribution in [0.4, 0.5) is 0 Å². The Balaban J connectivity index is 2.90. The van der Waals surface area contributed by atoms with Crippen molar-refractivity contribution in [3.8, 4) is 0 Å². The van der Waals surface area contributed by atoms with Crippen molar-refractivity contribution >= 4 is 12.2 Å². The molecule has 1 aromatic rings. The molecular formula is C10H11B. The lowest BCUT2D eigenvalue weighted by atomic mass is 9.46. The molecule has 1 aromatic carbocycles. The molecule has 1 heteroatoms. The van der Waals surface area contributed by atoms with Crippen molar-refractivity contribution in [1.29, 1.82) is 0 Å². The number of rotatable bonds is 3. The minimum absolute atomic E-state index is 0.288. The molecule has 0 saturated carbocycles. The molecule has 0 aliphatic carbocycles. The summed E-state index contributed by atoms with van der Waals surface area (Å²) in [5, 5.41) is 0. The molecule has 0 saturated heterocycles. The first-order chi connectivity index (χ1) is 5.38. The van der Waals surface area contributed by atoms with Gasteiger partial charge in [-0.3, -0.25) is 0 Å². The van der Waals surface area contributed by atoms with Crippen LogP contribution < -0.4 is 5.46 Å². The van der Waals surface area contributed by atoms with E-state index in [4.69, 9.17) is 0 Å². The highest BCUT2D eigenvalue weighted by Gasteiger charge is 2.04. The fourth-order valence-electron chi connectivity index (χ4n) is 1.04. The fraction of sp³-hybridized carbons (Fsp3) is 0. The maximum atomic E-state index is 3.74. The third kappa shape index (κ3) is 1.84. The first-order valence-electron chi connectivity index (χ1n) is 3.68. The molecule has 0 fully saturated rings. The van der Waals surface area contributed by atoms with Gasteiger partial charge in [0.15, 0.2) is 0 Å². The van der Waals surface area contributed by atoms with Gasteiger partial charge in [-0.15, -0.1) is 25.1 Å². The Morgan fingerprint density at radius 2 is 1.55 bits per heavy atom. The number of hydrogen-bond donors (Lipinski definition) is 0. The van der Waals surface area contributed by atoms with Crippen molar-refractivity contribution in [3.63, 3.8) is 0 Å². The molecular weight excluding hydrogens is 131 g/mol. The van der Waals surface area contributed by atoms with Crippen LogP contribution in [0.15, 0.2) is 55.4 Å². The minimum atomic E-state index is 0.288. The van der Waals surface area contributed by atoms with Gasteiger partial charge in [-0.25, -0.2) is 0 Å². The van der Waals surface area contributed by atoms with Crippen molar-refractivity contribution in [2.24, 2.45) is 0 Å². The molecule has 0 aromatic heterocycles. The molecule has 0 heterocycles. The van der Waals surface area contributed by atoms with Gasteiger partial charge in [0.05, 0.1) is 0 Å². The molecule has 0 atom stereocenters. The summed E-state index contributed by atoms with van der Waals surface area (Å²) in [6.07, 6.45) is 0. The lowest BCUT2D eigenvalue weighted by Gasteiger charge is -2.01. The van der Waals surface area contributed by atoms with Crippen LogP contribution in [0.2, 0.25) is 0 Å². The maximum Gasteiger partial charge on any atom is 0.225 e. The predicted octanol–water partition coefficient (Wildman–Crippen LogP) is 1.84. The Bertz CT molecular complexity index is 230. The average molecular weight is 142 g/mol. The molecule has 0 bridgehead atoms. The smallest absolute Gasteiger partial charge is 0.113 e. The first-order valence-corrected chi connectivity index (χ1v) is 3.68. The highest BCUT2D eigenvalue weighted by Crippen LogP contribution is 1.89. The largest absolute Gasteiger partial charge is 0.225 e. The monoisotopic (exact) mass is 142 g/mol. The van der Waals surface area contributed by atoms with E-state index in [1.54, 1.807) is 0 Å². The molecule has 0 nitrogen and oxygen atoms in total. The Morgan fingerprint density at radius 3 is 2.00 bits per heavy atom. The Hall–Kier alpha value is -1.24. The van der Waals surface area contributed by atoms with E-state index >= 15 is 0 Å². The molecule has 1 rings (SSSR count). The van der Waals surface area contributed by atoms with Crippen LogP contribution in [0.3, 0.4) is 0 Å². The van der Waals surface area contributed by atoms with E-state index in [1.807, 2.05) is 30.1 Å². The van der Waals surface area contributed by atoms with Crippen LogP contribution in [-0.2, 0) is 0 Å². The van der Waals surface area contributed by atoms with Crippen molar-refractivity contribution in [3.05, 3.63) is 55.4 Å². The van der Waals surface area contributed by atoms with E-state index < -0.39 is 0 Å². The van der Waals surface area contributed by atoms with E-state index in [1.165, 1.54) is 5.46 Å². The van der Waals surface area contributed by atoms with Crippen molar-refractivity contribution < 1.29 is 0 Å². The standard InChI is InChI=1S/C10H11B/c1-3-11(4-2)10-8-6-5-7-9-10/h3-9H,1-2H2. The maximum absolute atomic E-state index is 3.74. The zero-order valence-electron chi connectivity index (χ0n) is 6.53. The normalized spacial score (nSPS) is 8.73. The molecule has 0 amide bonds. The quantitative estimate of drug-likeness (QED) is 0.565. The lowest BCUT2D eigenvalue weighted by molar-refractivity contribution is 1.76. The zero-order chi connectivity index (χ0) is 8.10. The van der Waals surface area contributed by atoms with Crippen LogP contribution in [0.25, 0.3) is 0 Å². The second-order valence-corrected chi connectivity index (χ2v) is 2.41. The van der Waals surface area contributed by atoms with Gasteiger partial charge in [-0.2, -0.15) is 0 Å². The molecule has 54 valence electrons. The highest BCUT2D eigenvalue weighted by atomic mass is 13.8. The van der Waals surface area contributed by atoms with E-state index in [9.17, 15) is 0 Å². The lowest BCUT2D eigenvalue weighted by Crippen LogP contribution is -2.24. The fourth-order valence-corrected chi connectivity index (χ4v) is 1.04. The molecule has 0 radical (unpaired) electrons. The van der Waals surface area contributed by atoms with E-state index in [-0.39, 0.29) is 6.71 Å². The molecule has 0 spiro atoms. The SMILES string of the molecule is C=CB(C=C)c1ccccc1. The molecule has 0 aliphatic heterocycles. The summed E-state index contributed by atoms with van der Waals surface area (Å²) in [5.41, 5.74) is 1.25. The summed E-state index contributed by atoms with van der Waals surface area (Å²) in [5.74, 6) is 3.78. The van der Waals surface area contributed by atoms with E-state index in [0.29, 0.717) is 0 Å². The van der Waals surface area contributed by atoms with Crippen LogP contribution in [0.1, 0.15) is 0 Å². The second-order valence-electron chi connectivity index (χ2n) is 2.41. The van der Waals surface area contributed by atoms with Crippen LogP contribution >= 0.6 is 0 Å². The van der Waals surface area contributed by atoms with Gasteiger partial charge in [0.25, 0.3) is 0 Å². The molecule has 0 N–H and O–H groups in total. The third-order valence-electron chi connectivity index (χ3n) is 1.69. The summed E-state index contributed by atoms with van der Waals surface area (Å²) < 4.78 is 0. The zero-order valence-corrected chi connectivity index (χ0v) is 6.53. The van der Waals surface area contributed by atoms with E-state index in [2.05, 4.69) is 25.3 Å². The van der Waals surface area contributed by atoms with Gasteiger partial charge in [0, 0.05) is 0 Å². The number of benzene rings is 1. The first kappa shape index (κ1) is 7.87. The van der Waals surface area contributed by atoms with Gasteiger partial charge in [0.2, 0.25) is 6.71 Å². The predicted molar refractivity (Wildman–Crippen MR) is 52.2 cm³/mol. The van der Waals surface area contributed by atoms with Crippen molar-refractivity contribution in [2.75, 3.05) is 0 Å². The summed E-state index contributed by atoms with van der Waals surface area (Å²) in [6.45, 7) is 7.76. The highest BCUT2D eigenvalue weighted by molar-refractivity contribution is 6.81. The summed E-state index contributed by atoms with van der Waals surface area (Å²) in [6, 6.07) is 10.2. The number of hydrogen-bond acceptors (Lipinski definition) is 0. The van der Waals surface area contributed by atoms with Gasteiger partial charge >= 0.3 is 0 Å². The second kappa shape index (κ2) is 3.82. The average Bonchev–Trinajstić information content (AvgIpc) is 2.09. The van der Waals surface area contributed by atoms with Gasteiger partial charge in [-0.1, -0.05) is 35.8 Å². The van der Waals surface area contributed by atoms with Gasteiger partial charge in [-0.05, 0) is 0 Å². The Labute approximate surface area is 68.3 Å².